The molecular weight excluding hydrogens is 168 g/mol. The van der Waals surface area contributed by atoms with Crippen LogP contribution < -0.4 is 0 Å². The van der Waals surface area contributed by atoms with Crippen molar-refractivity contribution in [1.82, 2.24) is 0 Å². The van der Waals surface area contributed by atoms with Crippen LogP contribution in [0.5, 0.6) is 0 Å². The van der Waals surface area contributed by atoms with E-state index in [9.17, 15) is 0 Å². The molecule has 0 nitrogen and oxygen atoms in total. The molecule has 14 heavy (non-hydrogen) atoms. The van der Waals surface area contributed by atoms with E-state index in [1.807, 2.05) is 24.3 Å². The highest BCUT2D eigenvalue weighted by molar-refractivity contribution is 5.90. The third-order valence-corrected chi connectivity index (χ3v) is 2.21. The van der Waals surface area contributed by atoms with Gasteiger partial charge in [-0.1, -0.05) is 67.3 Å². The summed E-state index contributed by atoms with van der Waals surface area (Å²) in [5.41, 5.74) is 1.20. The zero-order valence-electron chi connectivity index (χ0n) is 7.85. The predicted molar refractivity (Wildman–Crippen MR) is 61.9 cm³/mol. The third kappa shape index (κ3) is 1.60. The van der Waals surface area contributed by atoms with Gasteiger partial charge >= 0.3 is 0 Å². The minimum Gasteiger partial charge on any atom is -0.0623 e. The molecule has 2 rings (SSSR count). The van der Waals surface area contributed by atoms with Crippen molar-refractivity contribution < 1.29 is 0 Å². The topological polar surface area (TPSA) is 0 Å². The molecule has 0 aliphatic carbocycles. The highest BCUT2D eigenvalue weighted by Crippen LogP contribution is 2.19. The van der Waals surface area contributed by atoms with Crippen LogP contribution in [0.25, 0.3) is 16.8 Å². The average molecular weight is 179 g/mol. The van der Waals surface area contributed by atoms with Crippen molar-refractivity contribution in [3.05, 3.63) is 66.8 Å². The lowest BCUT2D eigenvalue weighted by Gasteiger charge is -2.00. The summed E-state index contributed by atoms with van der Waals surface area (Å²) in [5.74, 6) is 0. The number of hydrogen-bond donors (Lipinski definition) is 0. The standard InChI is InChI=1S/C14H11/c1-2-3-7-12-9-6-10-13-8-4-5-11-14(12)13/h1-11H. The van der Waals surface area contributed by atoms with Crippen molar-refractivity contribution in [3.8, 4) is 0 Å². The van der Waals surface area contributed by atoms with E-state index in [2.05, 4.69) is 30.3 Å². The third-order valence-electron chi connectivity index (χ3n) is 2.21. The summed E-state index contributed by atoms with van der Waals surface area (Å²) in [4.78, 5) is 0. The van der Waals surface area contributed by atoms with Crippen LogP contribution in [-0.2, 0) is 0 Å². The minimum absolute atomic E-state index is 1.20. The summed E-state index contributed by atoms with van der Waals surface area (Å²) in [6.45, 7) is 5.31. The molecule has 0 saturated carbocycles. The molecule has 0 heterocycles. The summed E-state index contributed by atoms with van der Waals surface area (Å²) in [6, 6.07) is 14.6. The molecule has 2 aromatic carbocycles. The Kier molecular flexibility index (Phi) is 2.46. The largest absolute Gasteiger partial charge is 0.0623 e. The lowest BCUT2D eigenvalue weighted by Crippen LogP contribution is -1.76. The predicted octanol–water partition coefficient (Wildman–Crippen LogP) is 3.84. The summed E-state index contributed by atoms with van der Waals surface area (Å²) in [7, 11) is 0. The lowest BCUT2D eigenvalue weighted by atomic mass is 10.0. The van der Waals surface area contributed by atoms with Gasteiger partial charge in [-0.2, -0.15) is 0 Å². The summed E-state index contributed by atoms with van der Waals surface area (Å²) in [6.07, 6.45) is 5.41. The van der Waals surface area contributed by atoms with E-state index in [1.54, 1.807) is 6.08 Å². The van der Waals surface area contributed by atoms with E-state index in [0.717, 1.165) is 0 Å². The molecule has 67 valence electrons. The van der Waals surface area contributed by atoms with Gasteiger partial charge in [0.2, 0.25) is 0 Å². The molecule has 0 aliphatic rings. The fourth-order valence-corrected chi connectivity index (χ4v) is 1.56. The smallest absolute Gasteiger partial charge is 0.0111 e. The van der Waals surface area contributed by atoms with Gasteiger partial charge < -0.3 is 0 Å². The number of benzene rings is 2. The molecule has 0 saturated heterocycles. The summed E-state index contributed by atoms with van der Waals surface area (Å²) >= 11 is 0. The second-order valence-electron chi connectivity index (χ2n) is 3.12. The molecule has 0 aliphatic heterocycles. The van der Waals surface area contributed by atoms with E-state index in [4.69, 9.17) is 6.58 Å². The first-order valence-corrected chi connectivity index (χ1v) is 4.61. The Bertz CT molecular complexity index is 473. The van der Waals surface area contributed by atoms with Gasteiger partial charge in [0.25, 0.3) is 0 Å². The molecule has 0 spiro atoms. The monoisotopic (exact) mass is 179 g/mol. The Hall–Kier alpha value is -1.82. The molecule has 1 radical (unpaired) electrons. The Balaban J connectivity index is 2.64. The van der Waals surface area contributed by atoms with Crippen molar-refractivity contribution in [3.63, 3.8) is 0 Å². The molecule has 0 heteroatoms. The molecule has 0 aromatic heterocycles. The van der Waals surface area contributed by atoms with Crippen molar-refractivity contribution in [2.75, 3.05) is 0 Å². The first-order valence-electron chi connectivity index (χ1n) is 4.61. The zero-order valence-corrected chi connectivity index (χ0v) is 7.85. The second-order valence-corrected chi connectivity index (χ2v) is 3.12. The van der Waals surface area contributed by atoms with Crippen LogP contribution in [0, 0.1) is 6.58 Å². The molecule has 0 atom stereocenters. The van der Waals surface area contributed by atoms with Gasteiger partial charge in [0.15, 0.2) is 0 Å². The van der Waals surface area contributed by atoms with Gasteiger partial charge in [0, 0.05) is 0 Å². The Labute approximate surface area is 84.2 Å². The highest BCUT2D eigenvalue weighted by Gasteiger charge is 1.94. The zero-order chi connectivity index (χ0) is 9.80. The van der Waals surface area contributed by atoms with Crippen molar-refractivity contribution in [2.45, 2.75) is 0 Å². The molecule has 0 amide bonds. The van der Waals surface area contributed by atoms with E-state index in [0.29, 0.717) is 0 Å². The molecule has 0 unspecified atom stereocenters. The summed E-state index contributed by atoms with van der Waals surface area (Å²) < 4.78 is 0. The molecule has 2 aromatic rings. The molecule has 0 fully saturated rings. The molecular formula is C14H11. The maximum atomic E-state index is 5.31. The van der Waals surface area contributed by atoms with E-state index < -0.39 is 0 Å². The van der Waals surface area contributed by atoms with Gasteiger partial charge in [-0.3, -0.25) is 0 Å². The lowest BCUT2D eigenvalue weighted by molar-refractivity contribution is 1.71. The Morgan fingerprint density at radius 2 is 1.71 bits per heavy atom. The van der Waals surface area contributed by atoms with Crippen molar-refractivity contribution in [1.29, 1.82) is 0 Å². The quantitative estimate of drug-likeness (QED) is 0.614. The van der Waals surface area contributed by atoms with Crippen molar-refractivity contribution >= 4 is 16.8 Å². The Morgan fingerprint density at radius 3 is 2.57 bits per heavy atom. The van der Waals surface area contributed by atoms with Crippen LogP contribution in [-0.4, -0.2) is 0 Å². The highest BCUT2D eigenvalue weighted by atomic mass is 14.0. The second kappa shape index (κ2) is 3.93. The van der Waals surface area contributed by atoms with Gasteiger partial charge in [-0.05, 0) is 16.3 Å². The number of allylic oxidation sites excluding steroid dienone is 2. The van der Waals surface area contributed by atoms with Crippen LogP contribution in [0.2, 0.25) is 0 Å². The fraction of sp³-hybridized carbons (Fsp3) is 0. The Morgan fingerprint density at radius 1 is 0.929 bits per heavy atom. The first-order chi connectivity index (χ1) is 6.92. The van der Waals surface area contributed by atoms with Crippen LogP contribution in [0.3, 0.4) is 0 Å². The summed E-state index contributed by atoms with van der Waals surface area (Å²) in [5, 5.41) is 2.51. The van der Waals surface area contributed by atoms with Gasteiger partial charge in [-0.15, -0.1) is 0 Å². The number of fused-ring (bicyclic) bond motifs is 1. The van der Waals surface area contributed by atoms with E-state index in [-0.39, 0.29) is 0 Å². The number of hydrogen-bond acceptors (Lipinski definition) is 0. The van der Waals surface area contributed by atoms with Crippen molar-refractivity contribution in [2.24, 2.45) is 0 Å². The maximum absolute atomic E-state index is 5.31. The molecule has 0 N–H and O–H groups in total. The van der Waals surface area contributed by atoms with Gasteiger partial charge in [-0.25, -0.2) is 0 Å². The minimum atomic E-state index is 1.20. The van der Waals surface area contributed by atoms with Gasteiger partial charge in [0.05, 0.1) is 0 Å². The molecule has 0 bridgehead atoms. The van der Waals surface area contributed by atoms with Crippen LogP contribution in [0.4, 0.5) is 0 Å². The normalized spacial score (nSPS) is 10.9. The SMILES string of the molecule is [CH]=CC=Cc1cccc2ccccc12. The fourth-order valence-electron chi connectivity index (χ4n) is 1.56. The first kappa shape index (κ1) is 8.76. The maximum Gasteiger partial charge on any atom is -0.0111 e. The van der Waals surface area contributed by atoms with E-state index >= 15 is 0 Å². The van der Waals surface area contributed by atoms with E-state index in [1.165, 1.54) is 16.3 Å². The van der Waals surface area contributed by atoms with Crippen LogP contribution in [0.1, 0.15) is 5.56 Å². The van der Waals surface area contributed by atoms with Crippen LogP contribution in [0.15, 0.2) is 54.6 Å². The average Bonchev–Trinajstić information content (AvgIpc) is 2.26. The van der Waals surface area contributed by atoms with Crippen LogP contribution >= 0.6 is 0 Å². The number of rotatable bonds is 2. The van der Waals surface area contributed by atoms with Gasteiger partial charge in [0.1, 0.15) is 0 Å².